The molecule has 0 aliphatic rings. The standard InChI is InChI=1S/C40H25NOS/c1-2-11-28(12-3-1)41(34-16-9-17-35-39(34)33-25-22-26-10-4-5-13-31(26)40(33)42-35)29-23-20-27(21-24-29)30-15-8-19-37-38(30)32-14-6-7-18-36(32)43-37/h1-25H/i20D,21D,23D,24D. The molecule has 202 valence electrons. The van der Waals surface area contributed by atoms with Gasteiger partial charge >= 0.3 is 0 Å². The summed E-state index contributed by atoms with van der Waals surface area (Å²) in [4.78, 5) is 1.84. The monoisotopic (exact) mass is 571 g/mol. The molecule has 9 aromatic rings. The van der Waals surface area contributed by atoms with Crippen molar-refractivity contribution in [1.29, 1.82) is 0 Å². The minimum atomic E-state index is -0.114. The number of furan rings is 1. The molecular weight excluding hydrogens is 543 g/mol. The van der Waals surface area contributed by atoms with Gasteiger partial charge < -0.3 is 9.32 Å². The smallest absolute Gasteiger partial charge is 0.143 e. The molecule has 3 heteroatoms. The highest BCUT2D eigenvalue weighted by molar-refractivity contribution is 7.25. The third kappa shape index (κ3) is 3.79. The van der Waals surface area contributed by atoms with Crippen molar-refractivity contribution >= 4 is 81.3 Å². The Bertz CT molecular complexity index is 2670. The minimum Gasteiger partial charge on any atom is -0.455 e. The van der Waals surface area contributed by atoms with Gasteiger partial charge in [0.25, 0.3) is 0 Å². The zero-order chi connectivity index (χ0) is 31.8. The predicted molar refractivity (Wildman–Crippen MR) is 184 cm³/mol. The van der Waals surface area contributed by atoms with Crippen LogP contribution in [0.1, 0.15) is 5.48 Å². The van der Waals surface area contributed by atoms with Crippen LogP contribution in [0.3, 0.4) is 0 Å². The first-order valence-electron chi connectivity index (χ1n) is 16.2. The van der Waals surface area contributed by atoms with Crippen molar-refractivity contribution in [2.75, 3.05) is 4.90 Å². The molecule has 9 rings (SSSR count). The van der Waals surface area contributed by atoms with Crippen molar-refractivity contribution in [2.45, 2.75) is 0 Å². The highest BCUT2D eigenvalue weighted by Crippen LogP contribution is 2.45. The quantitative estimate of drug-likeness (QED) is 0.209. The van der Waals surface area contributed by atoms with Crippen molar-refractivity contribution in [3.05, 3.63) is 152 Å². The van der Waals surface area contributed by atoms with Crippen LogP contribution in [0.4, 0.5) is 17.1 Å². The van der Waals surface area contributed by atoms with E-state index >= 15 is 0 Å². The van der Waals surface area contributed by atoms with E-state index in [1.54, 1.807) is 11.3 Å². The lowest BCUT2D eigenvalue weighted by molar-refractivity contribution is 0.672. The summed E-state index contributed by atoms with van der Waals surface area (Å²) < 4.78 is 46.4. The summed E-state index contributed by atoms with van der Waals surface area (Å²) in [5.41, 5.74) is 4.05. The zero-order valence-electron chi connectivity index (χ0n) is 26.9. The average molecular weight is 572 g/mol. The lowest BCUT2D eigenvalue weighted by Crippen LogP contribution is -2.10. The molecule has 0 bridgehead atoms. The lowest BCUT2D eigenvalue weighted by Gasteiger charge is -2.26. The van der Waals surface area contributed by atoms with Crippen molar-refractivity contribution in [2.24, 2.45) is 0 Å². The van der Waals surface area contributed by atoms with Crippen LogP contribution in [0, 0.1) is 0 Å². The second-order valence-electron chi connectivity index (χ2n) is 10.6. The average Bonchev–Trinajstić information content (AvgIpc) is 3.69. The maximum atomic E-state index is 9.47. The lowest BCUT2D eigenvalue weighted by atomic mass is 9.99. The Kier molecular flexibility index (Phi) is 4.57. The molecule has 0 N–H and O–H groups in total. The van der Waals surface area contributed by atoms with Crippen LogP contribution < -0.4 is 4.90 Å². The van der Waals surface area contributed by atoms with Gasteiger partial charge in [0.1, 0.15) is 11.2 Å². The van der Waals surface area contributed by atoms with Crippen molar-refractivity contribution < 1.29 is 9.90 Å². The third-order valence-corrected chi connectivity index (χ3v) is 9.26. The molecule has 0 fully saturated rings. The number of benzene rings is 7. The molecule has 0 atom stereocenters. The third-order valence-electron chi connectivity index (χ3n) is 8.13. The van der Waals surface area contributed by atoms with Crippen LogP contribution in [-0.4, -0.2) is 0 Å². The molecule has 2 aromatic heterocycles. The van der Waals surface area contributed by atoms with E-state index in [1.165, 1.54) is 0 Å². The Morgan fingerprint density at radius 2 is 1.28 bits per heavy atom. The van der Waals surface area contributed by atoms with E-state index in [-0.39, 0.29) is 29.9 Å². The van der Waals surface area contributed by atoms with Crippen molar-refractivity contribution in [1.82, 2.24) is 0 Å². The minimum absolute atomic E-state index is 0.0834. The number of hydrogen-bond acceptors (Lipinski definition) is 3. The van der Waals surface area contributed by atoms with E-state index < -0.39 is 0 Å². The van der Waals surface area contributed by atoms with Gasteiger partial charge in [-0.25, -0.2) is 0 Å². The number of thiophene rings is 1. The number of hydrogen-bond donors (Lipinski definition) is 0. The molecule has 0 aliphatic carbocycles. The number of nitrogens with zero attached hydrogens (tertiary/aromatic N) is 1. The molecule has 0 aliphatic heterocycles. The van der Waals surface area contributed by atoms with E-state index in [9.17, 15) is 5.48 Å². The summed E-state index contributed by atoms with van der Waals surface area (Å²) in [7, 11) is 0. The molecule has 0 amide bonds. The molecule has 2 nitrogen and oxygen atoms in total. The van der Waals surface area contributed by atoms with Gasteiger partial charge in [-0.1, -0.05) is 97.0 Å². The van der Waals surface area contributed by atoms with Crippen LogP contribution in [0.15, 0.2) is 156 Å². The van der Waals surface area contributed by atoms with Crippen LogP contribution in [0.5, 0.6) is 0 Å². The molecule has 2 heterocycles. The Hall–Kier alpha value is -5.38. The maximum Gasteiger partial charge on any atom is 0.143 e. The topological polar surface area (TPSA) is 16.4 Å². The predicted octanol–water partition coefficient (Wildman–Crippen LogP) is 12.2. The van der Waals surface area contributed by atoms with Gasteiger partial charge in [0.05, 0.1) is 16.6 Å². The van der Waals surface area contributed by atoms with E-state index in [2.05, 4.69) is 30.3 Å². The van der Waals surface area contributed by atoms with Gasteiger partial charge in [0.15, 0.2) is 0 Å². The first-order chi connectivity index (χ1) is 23.0. The SMILES string of the molecule is [2H]c1c([2H])c(N(c2ccccc2)c2cccc3oc4c5ccccc5ccc4c23)c([2H])c([2H])c1-c1cccc2sc3ccccc3c12. The normalized spacial score (nSPS) is 13.0. The molecule has 0 unspecified atom stereocenters. The van der Waals surface area contributed by atoms with E-state index in [4.69, 9.17) is 4.42 Å². The molecule has 43 heavy (non-hydrogen) atoms. The first kappa shape index (κ1) is 20.5. The molecule has 7 aromatic carbocycles. The second kappa shape index (κ2) is 9.59. The van der Waals surface area contributed by atoms with E-state index in [0.717, 1.165) is 53.0 Å². The fraction of sp³-hybridized carbons (Fsp3) is 0. The summed E-state index contributed by atoms with van der Waals surface area (Å²) in [5, 5.41) is 5.82. The maximum absolute atomic E-state index is 9.47. The van der Waals surface area contributed by atoms with Crippen LogP contribution in [-0.2, 0) is 0 Å². The largest absolute Gasteiger partial charge is 0.455 e. The van der Waals surface area contributed by atoms with Gasteiger partial charge in [0.2, 0.25) is 0 Å². The number of fused-ring (bicyclic) bond motifs is 8. The van der Waals surface area contributed by atoms with Crippen LogP contribution >= 0.6 is 11.3 Å². The van der Waals surface area contributed by atoms with Gasteiger partial charge in [-0.05, 0) is 71.1 Å². The van der Waals surface area contributed by atoms with Crippen molar-refractivity contribution in [3.63, 3.8) is 0 Å². The number of rotatable bonds is 4. The summed E-state index contributed by atoms with van der Waals surface area (Å²) in [6.45, 7) is 0. The van der Waals surface area contributed by atoms with Gasteiger partial charge in [-0.3, -0.25) is 0 Å². The zero-order valence-corrected chi connectivity index (χ0v) is 23.7. The Balaban J connectivity index is 1.34. The highest BCUT2D eigenvalue weighted by Gasteiger charge is 2.20. The summed E-state index contributed by atoms with van der Waals surface area (Å²) in [5.74, 6) is 0. The molecule has 0 saturated heterocycles. The molecular formula is C40H25NOS. The molecule has 0 spiro atoms. The van der Waals surface area contributed by atoms with Crippen LogP contribution in [0.2, 0.25) is 0 Å². The second-order valence-corrected chi connectivity index (χ2v) is 11.7. The van der Waals surface area contributed by atoms with Crippen molar-refractivity contribution in [3.8, 4) is 11.1 Å². The van der Waals surface area contributed by atoms with Gasteiger partial charge in [-0.15, -0.1) is 11.3 Å². The number of para-hydroxylation sites is 1. The van der Waals surface area contributed by atoms with Gasteiger partial charge in [-0.2, -0.15) is 0 Å². The summed E-state index contributed by atoms with van der Waals surface area (Å²) >= 11 is 1.66. The Morgan fingerprint density at radius 3 is 2.16 bits per heavy atom. The first-order valence-corrected chi connectivity index (χ1v) is 15.0. The van der Waals surface area contributed by atoms with Crippen LogP contribution in [0.25, 0.3) is 64.0 Å². The molecule has 0 radical (unpaired) electrons. The number of anilines is 3. The summed E-state index contributed by atoms with van der Waals surface area (Å²) in [6.07, 6.45) is 0. The van der Waals surface area contributed by atoms with Gasteiger partial charge in [0, 0.05) is 42.3 Å². The summed E-state index contributed by atoms with van der Waals surface area (Å²) in [6, 6.07) is 41.3. The molecule has 0 saturated carbocycles. The fourth-order valence-electron chi connectivity index (χ4n) is 6.22. The van der Waals surface area contributed by atoms with E-state index in [1.807, 2.05) is 102 Å². The van der Waals surface area contributed by atoms with E-state index in [0.29, 0.717) is 22.4 Å². The Morgan fingerprint density at radius 1 is 0.535 bits per heavy atom. The highest BCUT2D eigenvalue weighted by atomic mass is 32.1. The Labute approximate surface area is 258 Å². The fourth-order valence-corrected chi connectivity index (χ4v) is 7.35.